The zero-order valence-electron chi connectivity index (χ0n) is 19.2. The lowest BCUT2D eigenvalue weighted by Gasteiger charge is -2.35. The normalized spacial score (nSPS) is 20.3. The molecule has 0 bridgehead atoms. The van der Waals surface area contributed by atoms with Crippen LogP contribution < -0.4 is 20.3 Å². The van der Waals surface area contributed by atoms with Crippen LogP contribution in [-0.2, 0) is 9.59 Å². The molecule has 180 valence electrons. The number of carbonyl (C=O) groups excluding carboxylic acids is 3. The van der Waals surface area contributed by atoms with Crippen LogP contribution in [0.5, 0.6) is 5.75 Å². The zero-order chi connectivity index (χ0) is 23.7. The summed E-state index contributed by atoms with van der Waals surface area (Å²) in [5, 5.41) is 8.28. The number of ether oxygens (including phenoxy) is 1. The van der Waals surface area contributed by atoms with Gasteiger partial charge in [-0.1, -0.05) is 6.42 Å². The summed E-state index contributed by atoms with van der Waals surface area (Å²) in [6.07, 6.45) is 5.31. The van der Waals surface area contributed by atoms with Gasteiger partial charge in [0.1, 0.15) is 16.6 Å². The number of rotatable bonds is 5. The number of nitrogens with zero attached hydrogens (tertiary/aromatic N) is 3. The van der Waals surface area contributed by atoms with Gasteiger partial charge >= 0.3 is 6.03 Å². The summed E-state index contributed by atoms with van der Waals surface area (Å²) in [5.41, 5.74) is 1.69. The molecule has 0 spiro atoms. The Morgan fingerprint density at radius 3 is 2.85 bits per heavy atom. The topological polar surface area (TPSA) is 104 Å². The highest BCUT2D eigenvalue weighted by molar-refractivity contribution is 7.13. The number of aromatic nitrogens is 1. The van der Waals surface area contributed by atoms with Crippen molar-refractivity contribution < 1.29 is 19.1 Å². The van der Waals surface area contributed by atoms with Crippen molar-refractivity contribution in [3.05, 3.63) is 23.6 Å². The lowest BCUT2D eigenvalue weighted by molar-refractivity contribution is -0.130. The van der Waals surface area contributed by atoms with Gasteiger partial charge in [-0.05, 0) is 49.8 Å². The molecule has 1 aromatic carbocycles. The minimum absolute atomic E-state index is 0.00304. The summed E-state index contributed by atoms with van der Waals surface area (Å²) >= 11 is 1.43. The standard InChI is InChI=1S/C24H29N5O4S/c1-15(30)28-9-3-6-18(12-28)25-24(32)27-21-14-34-23(26-21)17-7-8-19-20(10-17)33-13-22(31)29(19)11-16-4-2-5-16/h7-8,10,14,16,18H,2-6,9,11-13H2,1H3,(H2,25,27,32)/t18-/m0/s1. The molecule has 4 amide bonds. The van der Waals surface area contributed by atoms with Crippen LogP contribution in [0.2, 0.25) is 0 Å². The van der Waals surface area contributed by atoms with E-state index in [1.54, 1.807) is 17.2 Å². The zero-order valence-corrected chi connectivity index (χ0v) is 20.0. The van der Waals surface area contributed by atoms with Crippen molar-refractivity contribution in [3.8, 4) is 16.3 Å². The van der Waals surface area contributed by atoms with E-state index in [0.717, 1.165) is 42.2 Å². The van der Waals surface area contributed by atoms with E-state index in [0.29, 0.717) is 24.0 Å². The molecule has 2 fully saturated rings. The Hall–Kier alpha value is -3.14. The minimum Gasteiger partial charge on any atom is -0.482 e. The van der Waals surface area contributed by atoms with Crippen LogP contribution in [0.3, 0.4) is 0 Å². The number of hydrogen-bond donors (Lipinski definition) is 2. The van der Waals surface area contributed by atoms with Crippen molar-refractivity contribution in [3.63, 3.8) is 0 Å². The van der Waals surface area contributed by atoms with Crippen molar-refractivity contribution in [2.24, 2.45) is 5.92 Å². The van der Waals surface area contributed by atoms with E-state index in [9.17, 15) is 14.4 Å². The van der Waals surface area contributed by atoms with E-state index < -0.39 is 0 Å². The van der Waals surface area contributed by atoms with Crippen LogP contribution in [0.15, 0.2) is 23.6 Å². The maximum atomic E-state index is 12.5. The predicted octanol–water partition coefficient (Wildman–Crippen LogP) is 3.47. The van der Waals surface area contributed by atoms with Crippen molar-refractivity contribution in [2.75, 3.05) is 36.5 Å². The third-order valence-corrected chi connectivity index (χ3v) is 7.65. The number of thiazole rings is 1. The van der Waals surface area contributed by atoms with Gasteiger partial charge in [-0.3, -0.25) is 14.9 Å². The highest BCUT2D eigenvalue weighted by Crippen LogP contribution is 2.39. The van der Waals surface area contributed by atoms with Crippen molar-refractivity contribution >= 4 is 40.7 Å². The average Bonchev–Trinajstić information content (AvgIpc) is 3.25. The van der Waals surface area contributed by atoms with Gasteiger partial charge in [-0.2, -0.15) is 0 Å². The summed E-state index contributed by atoms with van der Waals surface area (Å²) in [6.45, 7) is 3.62. The number of amides is 4. The maximum Gasteiger partial charge on any atom is 0.320 e. The van der Waals surface area contributed by atoms with Gasteiger partial charge in [-0.25, -0.2) is 9.78 Å². The van der Waals surface area contributed by atoms with Crippen LogP contribution in [0.25, 0.3) is 10.6 Å². The number of nitrogens with one attached hydrogen (secondary N) is 2. The van der Waals surface area contributed by atoms with Crippen LogP contribution >= 0.6 is 11.3 Å². The molecule has 1 saturated carbocycles. The van der Waals surface area contributed by atoms with Crippen molar-refractivity contribution in [1.29, 1.82) is 0 Å². The van der Waals surface area contributed by atoms with Crippen LogP contribution in [0, 0.1) is 5.92 Å². The minimum atomic E-state index is -0.328. The summed E-state index contributed by atoms with van der Waals surface area (Å²) in [7, 11) is 0. The summed E-state index contributed by atoms with van der Waals surface area (Å²) in [5.74, 6) is 1.76. The molecule has 2 N–H and O–H groups in total. The van der Waals surface area contributed by atoms with Crippen LogP contribution in [0.4, 0.5) is 16.3 Å². The Kier molecular flexibility index (Phi) is 6.40. The first-order valence-electron chi connectivity index (χ1n) is 11.8. The molecule has 1 aromatic heterocycles. The fourth-order valence-corrected chi connectivity index (χ4v) is 5.40. The fraction of sp³-hybridized carbons (Fsp3) is 0.500. The highest BCUT2D eigenvalue weighted by atomic mass is 32.1. The van der Waals surface area contributed by atoms with E-state index in [2.05, 4.69) is 15.6 Å². The number of benzene rings is 1. The molecule has 1 aliphatic carbocycles. The highest BCUT2D eigenvalue weighted by Gasteiger charge is 2.30. The summed E-state index contributed by atoms with van der Waals surface area (Å²) in [6, 6.07) is 5.38. The van der Waals surface area contributed by atoms with Gasteiger partial charge in [-0.15, -0.1) is 11.3 Å². The predicted molar refractivity (Wildman–Crippen MR) is 130 cm³/mol. The number of fused-ring (bicyclic) bond motifs is 1. The molecule has 34 heavy (non-hydrogen) atoms. The van der Waals surface area contributed by atoms with E-state index >= 15 is 0 Å². The van der Waals surface area contributed by atoms with Gasteiger partial charge in [0, 0.05) is 43.5 Å². The van der Waals surface area contributed by atoms with Gasteiger partial charge in [0.2, 0.25) is 5.91 Å². The Bertz CT molecular complexity index is 1100. The Morgan fingerprint density at radius 2 is 2.09 bits per heavy atom. The number of urea groups is 1. The lowest BCUT2D eigenvalue weighted by atomic mass is 9.85. The molecule has 3 heterocycles. The first kappa shape index (κ1) is 22.6. The molecule has 1 atom stereocenters. The molecule has 5 rings (SSSR count). The molecular weight excluding hydrogens is 454 g/mol. The second-order valence-corrected chi connectivity index (χ2v) is 10.1. The van der Waals surface area contributed by atoms with Gasteiger partial charge in [0.25, 0.3) is 5.91 Å². The second kappa shape index (κ2) is 9.61. The molecule has 2 aromatic rings. The molecular formula is C24H29N5O4S. The Labute approximate surface area is 202 Å². The van der Waals surface area contributed by atoms with E-state index in [1.165, 1.54) is 30.6 Å². The molecule has 1 saturated heterocycles. The number of carbonyl (C=O) groups is 3. The largest absolute Gasteiger partial charge is 0.482 e. The number of likely N-dealkylation sites (tertiary alicyclic amines) is 1. The Morgan fingerprint density at radius 1 is 1.24 bits per heavy atom. The summed E-state index contributed by atoms with van der Waals surface area (Å²) in [4.78, 5) is 44.6. The SMILES string of the molecule is CC(=O)N1CCC[C@H](NC(=O)Nc2csc(-c3ccc4c(c3)OCC(=O)N4CC3CCC3)n2)C1. The molecule has 0 unspecified atom stereocenters. The van der Waals surface area contributed by atoms with E-state index in [-0.39, 0.29) is 30.5 Å². The number of anilines is 2. The van der Waals surface area contributed by atoms with Crippen molar-refractivity contribution in [2.45, 2.75) is 45.1 Å². The van der Waals surface area contributed by atoms with Crippen LogP contribution in [0.1, 0.15) is 39.0 Å². The molecule has 0 radical (unpaired) electrons. The quantitative estimate of drug-likeness (QED) is 0.678. The first-order valence-corrected chi connectivity index (χ1v) is 12.7. The van der Waals surface area contributed by atoms with Gasteiger partial charge in [0.05, 0.1) is 5.69 Å². The second-order valence-electron chi connectivity index (χ2n) is 9.21. The molecule has 9 nitrogen and oxygen atoms in total. The van der Waals surface area contributed by atoms with Gasteiger partial charge in [0.15, 0.2) is 6.61 Å². The smallest absolute Gasteiger partial charge is 0.320 e. The number of piperidine rings is 1. The lowest BCUT2D eigenvalue weighted by Crippen LogP contribution is -2.50. The third-order valence-electron chi connectivity index (χ3n) is 6.76. The number of hydrogen-bond acceptors (Lipinski definition) is 6. The molecule has 3 aliphatic rings. The monoisotopic (exact) mass is 483 g/mol. The average molecular weight is 484 g/mol. The van der Waals surface area contributed by atoms with Crippen molar-refractivity contribution in [1.82, 2.24) is 15.2 Å². The third kappa shape index (κ3) is 4.86. The van der Waals surface area contributed by atoms with E-state index in [1.807, 2.05) is 23.1 Å². The van der Waals surface area contributed by atoms with Crippen LogP contribution in [-0.4, -0.2) is 60.0 Å². The fourth-order valence-electron chi connectivity index (χ4n) is 4.65. The first-order chi connectivity index (χ1) is 16.5. The maximum absolute atomic E-state index is 12.5. The van der Waals surface area contributed by atoms with E-state index in [4.69, 9.17) is 4.74 Å². The summed E-state index contributed by atoms with van der Waals surface area (Å²) < 4.78 is 5.72. The molecule has 2 aliphatic heterocycles. The van der Waals surface area contributed by atoms with Gasteiger partial charge < -0.3 is 19.9 Å². The Balaban J connectivity index is 1.23. The molecule has 10 heteroatoms.